The summed E-state index contributed by atoms with van der Waals surface area (Å²) in [7, 11) is -2.38. The van der Waals surface area contributed by atoms with Crippen molar-refractivity contribution >= 4 is 16.0 Å². The molecule has 0 aliphatic carbocycles. The van der Waals surface area contributed by atoms with Gasteiger partial charge in [0.05, 0.1) is 12.4 Å². The Hall–Kier alpha value is -2.61. The average molecular weight is 452 g/mol. The van der Waals surface area contributed by atoms with Crippen molar-refractivity contribution in [3.05, 3.63) is 59.4 Å². The highest BCUT2D eigenvalue weighted by molar-refractivity contribution is 7.87. The fraction of sp³-hybridized carbons (Fsp3) is 0.435. The van der Waals surface area contributed by atoms with Crippen LogP contribution in [-0.2, 0) is 28.0 Å². The maximum absolute atomic E-state index is 13.3. The second kappa shape index (κ2) is 10.6. The van der Waals surface area contributed by atoms with Gasteiger partial charge in [-0.25, -0.2) is 4.39 Å². The molecular formula is C23H30FNO5S. The molecule has 0 fully saturated rings. The van der Waals surface area contributed by atoms with Gasteiger partial charge < -0.3 is 13.8 Å². The molecule has 0 saturated carbocycles. The number of carbonyl (C=O) groups is 1. The third-order valence-electron chi connectivity index (χ3n) is 4.61. The fourth-order valence-corrected chi connectivity index (χ4v) is 3.42. The molecule has 0 radical (unpaired) electrons. The van der Waals surface area contributed by atoms with Gasteiger partial charge >= 0.3 is 10.1 Å². The van der Waals surface area contributed by atoms with Gasteiger partial charge in [-0.3, -0.25) is 4.79 Å². The van der Waals surface area contributed by atoms with Gasteiger partial charge in [0.2, 0.25) is 5.91 Å². The van der Waals surface area contributed by atoms with Crippen molar-refractivity contribution < 1.29 is 26.5 Å². The van der Waals surface area contributed by atoms with Crippen molar-refractivity contribution in [2.24, 2.45) is 5.92 Å². The number of amides is 1. The Morgan fingerprint density at radius 1 is 0.968 bits per heavy atom. The van der Waals surface area contributed by atoms with Crippen LogP contribution >= 0.6 is 0 Å². The standard InChI is InChI=1S/C23H30FNO5S/c1-16(2)12-23(26)25(14-18-6-9-20(24)10-7-18)15-19-8-11-21(29-5)22(13-19)30-31(27,28)17(3)4/h6-11,13,16-17H,12,14-15H2,1-5H3. The van der Waals surface area contributed by atoms with Crippen molar-refractivity contribution in [1.82, 2.24) is 4.90 Å². The van der Waals surface area contributed by atoms with Crippen LogP contribution in [0.15, 0.2) is 42.5 Å². The van der Waals surface area contributed by atoms with Crippen LogP contribution in [0.2, 0.25) is 0 Å². The van der Waals surface area contributed by atoms with Gasteiger partial charge in [0, 0.05) is 19.5 Å². The van der Waals surface area contributed by atoms with Crippen LogP contribution < -0.4 is 8.92 Å². The van der Waals surface area contributed by atoms with E-state index in [9.17, 15) is 17.6 Å². The highest BCUT2D eigenvalue weighted by Gasteiger charge is 2.22. The van der Waals surface area contributed by atoms with Crippen LogP contribution in [-0.4, -0.2) is 31.6 Å². The van der Waals surface area contributed by atoms with E-state index in [2.05, 4.69) is 0 Å². The zero-order chi connectivity index (χ0) is 23.2. The zero-order valence-electron chi connectivity index (χ0n) is 18.6. The molecule has 6 nitrogen and oxygen atoms in total. The smallest absolute Gasteiger partial charge is 0.311 e. The molecule has 170 valence electrons. The molecule has 31 heavy (non-hydrogen) atoms. The van der Waals surface area contributed by atoms with E-state index in [4.69, 9.17) is 8.92 Å². The molecule has 1 amide bonds. The lowest BCUT2D eigenvalue weighted by molar-refractivity contribution is -0.133. The molecule has 0 aliphatic rings. The average Bonchev–Trinajstić information content (AvgIpc) is 2.68. The van der Waals surface area contributed by atoms with Crippen molar-refractivity contribution in [3.63, 3.8) is 0 Å². The molecule has 2 aromatic rings. The molecule has 0 bridgehead atoms. The number of nitrogens with zero attached hydrogens (tertiary/aromatic N) is 1. The van der Waals surface area contributed by atoms with E-state index in [1.807, 2.05) is 13.8 Å². The van der Waals surface area contributed by atoms with Gasteiger partial charge in [0.25, 0.3) is 0 Å². The monoisotopic (exact) mass is 451 g/mol. The molecule has 0 aromatic heterocycles. The number of hydrogen-bond donors (Lipinski definition) is 0. The van der Waals surface area contributed by atoms with Crippen LogP contribution in [0.25, 0.3) is 0 Å². The van der Waals surface area contributed by atoms with Crippen LogP contribution in [0.4, 0.5) is 4.39 Å². The predicted octanol–water partition coefficient (Wildman–Crippen LogP) is 4.53. The van der Waals surface area contributed by atoms with Crippen molar-refractivity contribution in [2.45, 2.75) is 52.5 Å². The van der Waals surface area contributed by atoms with E-state index in [0.29, 0.717) is 18.5 Å². The largest absolute Gasteiger partial charge is 0.493 e. The highest BCUT2D eigenvalue weighted by atomic mass is 32.2. The summed E-state index contributed by atoms with van der Waals surface area (Å²) in [5.74, 6) is 0.145. The molecule has 8 heteroatoms. The minimum absolute atomic E-state index is 0.0487. The third-order valence-corrected chi connectivity index (χ3v) is 6.17. The van der Waals surface area contributed by atoms with Crippen molar-refractivity contribution in [1.29, 1.82) is 0 Å². The second-order valence-electron chi connectivity index (χ2n) is 8.08. The van der Waals surface area contributed by atoms with E-state index in [0.717, 1.165) is 5.56 Å². The Labute approximate surface area is 184 Å². The number of halogens is 1. The number of hydrogen-bond acceptors (Lipinski definition) is 5. The molecule has 0 aliphatic heterocycles. The second-order valence-corrected chi connectivity index (χ2v) is 10.2. The number of methoxy groups -OCH3 is 1. The van der Waals surface area contributed by atoms with Crippen molar-refractivity contribution in [3.8, 4) is 11.5 Å². The summed E-state index contributed by atoms with van der Waals surface area (Å²) in [4.78, 5) is 14.5. The first kappa shape index (κ1) is 24.7. The third kappa shape index (κ3) is 7.24. The van der Waals surface area contributed by atoms with Gasteiger partial charge in [-0.15, -0.1) is 0 Å². The first-order valence-electron chi connectivity index (χ1n) is 10.1. The minimum Gasteiger partial charge on any atom is -0.493 e. The quantitative estimate of drug-likeness (QED) is 0.497. The number of ether oxygens (including phenoxy) is 1. The predicted molar refractivity (Wildman–Crippen MR) is 118 cm³/mol. The Morgan fingerprint density at radius 2 is 1.55 bits per heavy atom. The van der Waals surface area contributed by atoms with E-state index in [-0.39, 0.29) is 35.7 Å². The molecule has 2 aromatic carbocycles. The van der Waals surface area contributed by atoms with E-state index >= 15 is 0 Å². The zero-order valence-corrected chi connectivity index (χ0v) is 19.4. The van der Waals surface area contributed by atoms with Crippen molar-refractivity contribution in [2.75, 3.05) is 7.11 Å². The Balaban J connectivity index is 2.32. The maximum Gasteiger partial charge on any atom is 0.311 e. The van der Waals surface area contributed by atoms with Crippen LogP contribution in [0.5, 0.6) is 11.5 Å². The van der Waals surface area contributed by atoms with Gasteiger partial charge in [-0.1, -0.05) is 32.0 Å². The number of carbonyl (C=O) groups excluding carboxylic acids is 1. The Kier molecular flexibility index (Phi) is 8.44. The summed E-state index contributed by atoms with van der Waals surface area (Å²) in [6.07, 6.45) is 0.364. The first-order valence-corrected chi connectivity index (χ1v) is 11.6. The molecule has 0 heterocycles. The molecule has 0 atom stereocenters. The highest BCUT2D eigenvalue weighted by Crippen LogP contribution is 2.31. The summed E-state index contributed by atoms with van der Waals surface area (Å²) in [5, 5.41) is -0.719. The number of benzene rings is 2. The van der Waals surface area contributed by atoms with E-state index < -0.39 is 15.4 Å². The lowest BCUT2D eigenvalue weighted by atomic mass is 10.1. The van der Waals surface area contributed by atoms with Gasteiger partial charge in [0.15, 0.2) is 11.5 Å². The summed E-state index contributed by atoms with van der Waals surface area (Å²) in [6.45, 7) is 7.53. The summed E-state index contributed by atoms with van der Waals surface area (Å²) in [5.41, 5.74) is 1.49. The van der Waals surface area contributed by atoms with Gasteiger partial charge in [-0.05, 0) is 55.2 Å². The van der Waals surface area contributed by atoms with Gasteiger partial charge in [-0.2, -0.15) is 8.42 Å². The molecule has 0 N–H and O–H groups in total. The van der Waals surface area contributed by atoms with Crippen LogP contribution in [0.3, 0.4) is 0 Å². The summed E-state index contributed by atoms with van der Waals surface area (Å²) >= 11 is 0. The van der Waals surface area contributed by atoms with Gasteiger partial charge in [0.1, 0.15) is 5.82 Å². The minimum atomic E-state index is -3.81. The summed E-state index contributed by atoms with van der Waals surface area (Å²) < 4.78 is 48.2. The molecule has 0 saturated heterocycles. The Bertz CT molecular complexity index is 988. The topological polar surface area (TPSA) is 72.9 Å². The molecule has 0 spiro atoms. The van der Waals surface area contributed by atoms with E-state index in [1.165, 1.54) is 33.1 Å². The maximum atomic E-state index is 13.3. The van der Waals surface area contributed by atoms with Crippen LogP contribution in [0, 0.1) is 11.7 Å². The number of rotatable bonds is 10. The molecule has 0 unspecified atom stereocenters. The molecular weight excluding hydrogens is 421 g/mol. The SMILES string of the molecule is COc1ccc(CN(Cc2ccc(F)cc2)C(=O)CC(C)C)cc1OS(=O)(=O)C(C)C. The van der Waals surface area contributed by atoms with Crippen LogP contribution in [0.1, 0.15) is 45.2 Å². The normalized spacial score (nSPS) is 11.6. The lowest BCUT2D eigenvalue weighted by Gasteiger charge is -2.24. The molecule has 2 rings (SSSR count). The fourth-order valence-electron chi connectivity index (χ4n) is 2.85. The summed E-state index contributed by atoms with van der Waals surface area (Å²) in [6, 6.07) is 10.9. The Morgan fingerprint density at radius 3 is 2.10 bits per heavy atom. The lowest BCUT2D eigenvalue weighted by Crippen LogP contribution is -2.31. The van der Waals surface area contributed by atoms with E-state index in [1.54, 1.807) is 35.2 Å². The first-order chi connectivity index (χ1) is 14.5.